The Morgan fingerprint density at radius 2 is 1.75 bits per heavy atom. The van der Waals surface area contributed by atoms with Crippen molar-refractivity contribution in [3.05, 3.63) is 0 Å². The zero-order chi connectivity index (χ0) is 24.0. The number of halogens is 1. The summed E-state index contributed by atoms with van der Waals surface area (Å²) in [6, 6.07) is 0. The molecular weight excluding hydrogens is 460 g/mol. The molecule has 3 aliphatic heterocycles. The van der Waals surface area contributed by atoms with E-state index in [1.165, 1.54) is 0 Å². The summed E-state index contributed by atoms with van der Waals surface area (Å²) in [4.78, 5) is 43.6. The Balaban J connectivity index is 2.20. The first-order valence-corrected chi connectivity index (χ1v) is 9.54. The third-order valence-electron chi connectivity index (χ3n) is 5.45. The molecule has 0 spiro atoms. The molecule has 3 heterocycles. The Kier molecular flexibility index (Phi) is 6.45. The van der Waals surface area contributed by atoms with Gasteiger partial charge in [-0.25, -0.2) is 9.89 Å². The Bertz CT molecular complexity index is 884. The quantitative estimate of drug-likeness (QED) is 0.237. The number of aliphatic hydroxyl groups excluding tert-OH is 3. The van der Waals surface area contributed by atoms with E-state index < -0.39 is 97.5 Å². The van der Waals surface area contributed by atoms with Crippen molar-refractivity contribution in [1.82, 2.24) is 9.80 Å². The number of rotatable bonds is 8. The van der Waals surface area contributed by atoms with Gasteiger partial charge in [-0.05, 0) is 11.6 Å². The van der Waals surface area contributed by atoms with Gasteiger partial charge in [0.15, 0.2) is 5.29 Å². The van der Waals surface area contributed by atoms with E-state index in [2.05, 4.69) is 9.98 Å². The lowest BCUT2D eigenvalue weighted by molar-refractivity contribution is -0.314. The van der Waals surface area contributed by atoms with Crippen LogP contribution in [0.5, 0.6) is 0 Å². The van der Waals surface area contributed by atoms with Crippen molar-refractivity contribution in [1.29, 1.82) is 0 Å². The minimum atomic E-state index is -2.75. The number of amidine groups is 1. The fourth-order valence-electron chi connectivity index (χ4n) is 4.24. The molecule has 15 nitrogen and oxygen atoms in total. The van der Waals surface area contributed by atoms with Crippen LogP contribution in [0.3, 0.4) is 0 Å². The smallest absolute Gasteiger partial charge is 0.207 e. The third-order valence-corrected chi connectivity index (χ3v) is 5.74. The van der Waals surface area contributed by atoms with Gasteiger partial charge in [0.2, 0.25) is 5.72 Å². The number of hydrogen-bond acceptors (Lipinski definition) is 15. The van der Waals surface area contributed by atoms with Gasteiger partial charge in [-0.2, -0.15) is 0 Å². The summed E-state index contributed by atoms with van der Waals surface area (Å²) in [5.74, 6) is -5.37. The second kappa shape index (κ2) is 8.51. The van der Waals surface area contributed by atoms with Crippen molar-refractivity contribution >= 4 is 40.5 Å². The van der Waals surface area contributed by atoms with Crippen molar-refractivity contribution < 1.29 is 54.9 Å². The highest BCUT2D eigenvalue weighted by atomic mass is 35.5. The molecule has 0 aliphatic carbocycles. The molecule has 32 heavy (non-hydrogen) atoms. The van der Waals surface area contributed by atoms with Crippen molar-refractivity contribution in [2.45, 2.75) is 48.8 Å². The number of ether oxygens (including phenoxy) is 1. The number of carbonyl (C=O) groups excluding carboxylic acids is 3. The summed E-state index contributed by atoms with van der Waals surface area (Å²) in [5.41, 5.74) is -5.75. The molecule has 1 fully saturated rings. The number of nitrogens with zero attached hydrogens (tertiary/aromatic N) is 4. The van der Waals surface area contributed by atoms with Gasteiger partial charge in [0.1, 0.15) is 35.9 Å². The van der Waals surface area contributed by atoms with Crippen molar-refractivity contribution in [2.75, 3.05) is 19.8 Å². The second-order valence-electron chi connectivity index (χ2n) is 7.42. The topological polar surface area (TPSA) is 242 Å². The Labute approximate surface area is 184 Å². The number of aliphatic imine (C=N–C) groups is 2. The highest BCUT2D eigenvalue weighted by molar-refractivity contribution is 6.65. The maximum atomic E-state index is 11.7. The molecule has 0 radical (unpaired) electrons. The molecule has 4 N–H and O–H groups in total. The van der Waals surface area contributed by atoms with Crippen LogP contribution in [-0.4, -0.2) is 115 Å². The monoisotopic (exact) mass is 477 g/mol. The van der Waals surface area contributed by atoms with Crippen LogP contribution in [0.15, 0.2) is 9.98 Å². The van der Waals surface area contributed by atoms with E-state index in [-0.39, 0.29) is 0 Å². The molecule has 1 saturated heterocycles. The van der Waals surface area contributed by atoms with Crippen LogP contribution in [0.25, 0.3) is 0 Å². The zero-order valence-corrected chi connectivity index (χ0v) is 16.9. The molecule has 6 atom stereocenters. The predicted octanol–water partition coefficient (Wildman–Crippen LogP) is -7.54. The van der Waals surface area contributed by atoms with E-state index in [1.807, 2.05) is 0 Å². The Hall–Kier alpha value is -2.40. The van der Waals surface area contributed by atoms with Crippen LogP contribution in [-0.2, 0) is 19.1 Å². The summed E-state index contributed by atoms with van der Waals surface area (Å²) in [7, 11) is 0. The van der Waals surface area contributed by atoms with Crippen LogP contribution >= 0.6 is 11.6 Å². The molecule has 3 rings (SSSR count). The SMILES string of the molecule is O=C([O-])CN1C(Cl)=NC(O)(CC(=O)[O-])C2=NCN([C@@H]3O[C@H](CO)[C@@H](O)[C@H]3O)C21CC(=O)[O-]. The molecule has 0 aromatic heterocycles. The molecule has 0 bridgehead atoms. The first kappa shape index (κ1) is 24.2. The molecule has 0 aromatic carbocycles. The average Bonchev–Trinajstić information content (AvgIpc) is 3.16. The first-order valence-electron chi connectivity index (χ1n) is 9.17. The molecular formula is C16H18ClN4O11-3. The maximum absolute atomic E-state index is 11.7. The normalized spacial score (nSPS) is 37.1. The summed E-state index contributed by atoms with van der Waals surface area (Å²) < 4.78 is 5.42. The molecule has 2 unspecified atom stereocenters. The van der Waals surface area contributed by atoms with E-state index >= 15 is 0 Å². The maximum Gasteiger partial charge on any atom is 0.207 e. The van der Waals surface area contributed by atoms with Gasteiger partial charge < -0.3 is 59.8 Å². The summed E-state index contributed by atoms with van der Waals surface area (Å²) in [6.45, 7) is -2.40. The van der Waals surface area contributed by atoms with Crippen LogP contribution in [0.1, 0.15) is 12.8 Å². The van der Waals surface area contributed by atoms with E-state index in [4.69, 9.17) is 16.3 Å². The van der Waals surface area contributed by atoms with E-state index in [9.17, 15) is 50.1 Å². The molecule has 0 saturated carbocycles. The van der Waals surface area contributed by atoms with E-state index in [0.29, 0.717) is 4.90 Å². The molecule has 0 aromatic rings. The average molecular weight is 478 g/mol. The van der Waals surface area contributed by atoms with Gasteiger partial charge in [-0.3, -0.25) is 4.99 Å². The van der Waals surface area contributed by atoms with Crippen LogP contribution < -0.4 is 15.3 Å². The van der Waals surface area contributed by atoms with Gasteiger partial charge in [-0.15, -0.1) is 0 Å². The zero-order valence-electron chi connectivity index (χ0n) is 16.2. The van der Waals surface area contributed by atoms with Gasteiger partial charge in [-0.1, -0.05) is 0 Å². The number of carboxylic acid groups (broad SMARTS) is 3. The van der Waals surface area contributed by atoms with Crippen molar-refractivity contribution in [3.63, 3.8) is 0 Å². The van der Waals surface area contributed by atoms with Crippen LogP contribution in [0.2, 0.25) is 0 Å². The minimum Gasteiger partial charge on any atom is -0.550 e. The lowest BCUT2D eigenvalue weighted by Crippen LogP contribution is -2.75. The number of hydrogen-bond donors (Lipinski definition) is 4. The number of aliphatic hydroxyl groups is 4. The number of carbonyl (C=O) groups is 3. The Morgan fingerprint density at radius 1 is 1.12 bits per heavy atom. The van der Waals surface area contributed by atoms with Crippen LogP contribution in [0, 0.1) is 0 Å². The predicted molar refractivity (Wildman–Crippen MR) is 93.8 cm³/mol. The van der Waals surface area contributed by atoms with Crippen molar-refractivity contribution in [3.8, 4) is 0 Å². The van der Waals surface area contributed by atoms with Gasteiger partial charge in [0.25, 0.3) is 0 Å². The summed E-state index contributed by atoms with van der Waals surface area (Å²) >= 11 is 6.05. The molecule has 178 valence electrons. The summed E-state index contributed by atoms with van der Waals surface area (Å²) in [5, 5.41) is 74.4. The Morgan fingerprint density at radius 3 is 2.25 bits per heavy atom. The van der Waals surface area contributed by atoms with Gasteiger partial charge in [0.05, 0.1) is 25.8 Å². The van der Waals surface area contributed by atoms with Crippen LogP contribution in [0.4, 0.5) is 0 Å². The fraction of sp³-hybridized carbons (Fsp3) is 0.688. The lowest BCUT2D eigenvalue weighted by atomic mass is 9.85. The van der Waals surface area contributed by atoms with E-state index in [1.54, 1.807) is 0 Å². The second-order valence-corrected chi connectivity index (χ2v) is 7.75. The highest BCUT2D eigenvalue weighted by Crippen LogP contribution is 2.44. The fourth-order valence-corrected chi connectivity index (χ4v) is 4.57. The number of carboxylic acids is 3. The minimum absolute atomic E-state index is 0.576. The highest BCUT2D eigenvalue weighted by Gasteiger charge is 2.64. The number of aliphatic carboxylic acids is 3. The number of fused-ring (bicyclic) bond motifs is 1. The van der Waals surface area contributed by atoms with Gasteiger partial charge in [0, 0.05) is 24.8 Å². The molecule has 3 aliphatic rings. The molecule has 0 amide bonds. The van der Waals surface area contributed by atoms with Gasteiger partial charge >= 0.3 is 0 Å². The van der Waals surface area contributed by atoms with Crippen molar-refractivity contribution in [2.24, 2.45) is 9.98 Å². The van der Waals surface area contributed by atoms with E-state index in [0.717, 1.165) is 4.90 Å². The summed E-state index contributed by atoms with van der Waals surface area (Å²) in [6.07, 6.45) is -8.65. The third kappa shape index (κ3) is 3.81. The molecule has 16 heteroatoms. The lowest BCUT2D eigenvalue weighted by Gasteiger charge is -2.54. The standard InChI is InChI=1S/C16H21ClN4O11/c17-14-19-15(31,1-7(23)24)13-16(2-8(25)26,20(14)3-9(27)28)21(5-18-13)12-11(30)10(29)6(4-22)32-12/h6,10-12,22,29-31H,1-5H2,(H,23,24)(H,25,26)(H,27,28)/p-3/t6-,10-,11-,12-,15?,16?/m1/s1. The first-order chi connectivity index (χ1) is 14.9. The largest absolute Gasteiger partial charge is 0.550 e.